The minimum Gasteiger partial charge on any atom is -0.481 e. The standard InChI is InChI=1S/C14H19NO4/c1-10(14(17)18)8-15(2)13(16)12-7-5-4-6-11(12)9-19-3/h4-7,10H,8-9H2,1-3H3,(H,17,18). The molecule has 5 nitrogen and oxygen atoms in total. The Balaban J connectivity index is 2.85. The van der Waals surface area contributed by atoms with Crippen LogP contribution in [0.15, 0.2) is 24.3 Å². The second-order valence-corrected chi connectivity index (χ2v) is 4.52. The van der Waals surface area contributed by atoms with Crippen LogP contribution >= 0.6 is 0 Å². The second kappa shape index (κ2) is 6.89. The lowest BCUT2D eigenvalue weighted by Gasteiger charge is -2.20. The summed E-state index contributed by atoms with van der Waals surface area (Å²) in [6.07, 6.45) is 0. The molecule has 104 valence electrons. The Labute approximate surface area is 112 Å². The van der Waals surface area contributed by atoms with Gasteiger partial charge in [0.05, 0.1) is 12.5 Å². The number of rotatable bonds is 6. The van der Waals surface area contributed by atoms with E-state index < -0.39 is 11.9 Å². The van der Waals surface area contributed by atoms with Gasteiger partial charge in [-0.15, -0.1) is 0 Å². The highest BCUT2D eigenvalue weighted by molar-refractivity contribution is 5.95. The van der Waals surface area contributed by atoms with Gasteiger partial charge in [-0.25, -0.2) is 0 Å². The van der Waals surface area contributed by atoms with Crippen molar-refractivity contribution in [3.8, 4) is 0 Å². The van der Waals surface area contributed by atoms with Gasteiger partial charge in [-0.05, 0) is 11.6 Å². The van der Waals surface area contributed by atoms with Crippen LogP contribution in [0.4, 0.5) is 0 Å². The van der Waals surface area contributed by atoms with Crippen LogP contribution in [0.2, 0.25) is 0 Å². The summed E-state index contributed by atoms with van der Waals surface area (Å²) in [5.74, 6) is -1.70. The van der Waals surface area contributed by atoms with Crippen LogP contribution in [0.25, 0.3) is 0 Å². The summed E-state index contributed by atoms with van der Waals surface area (Å²) in [7, 11) is 3.17. The van der Waals surface area contributed by atoms with Crippen LogP contribution in [-0.2, 0) is 16.1 Å². The maximum atomic E-state index is 12.3. The summed E-state index contributed by atoms with van der Waals surface area (Å²) in [5, 5.41) is 8.86. The van der Waals surface area contributed by atoms with Crippen LogP contribution < -0.4 is 0 Å². The fraction of sp³-hybridized carbons (Fsp3) is 0.429. The summed E-state index contributed by atoms with van der Waals surface area (Å²) in [4.78, 5) is 24.5. The molecule has 0 heterocycles. The molecule has 1 aromatic carbocycles. The number of carbonyl (C=O) groups is 2. The van der Waals surface area contributed by atoms with E-state index in [0.717, 1.165) is 5.56 Å². The topological polar surface area (TPSA) is 66.8 Å². The van der Waals surface area contributed by atoms with Gasteiger partial charge in [0.15, 0.2) is 0 Å². The molecule has 1 amide bonds. The van der Waals surface area contributed by atoms with Crippen LogP contribution in [0.1, 0.15) is 22.8 Å². The van der Waals surface area contributed by atoms with Gasteiger partial charge < -0.3 is 14.7 Å². The highest BCUT2D eigenvalue weighted by Gasteiger charge is 2.20. The monoisotopic (exact) mass is 265 g/mol. The van der Waals surface area contributed by atoms with E-state index >= 15 is 0 Å². The average Bonchev–Trinajstić information content (AvgIpc) is 2.38. The predicted octanol–water partition coefficient (Wildman–Crippen LogP) is 1.63. The number of carboxylic acid groups (broad SMARTS) is 1. The molecule has 0 radical (unpaired) electrons. The van der Waals surface area contributed by atoms with E-state index in [0.29, 0.717) is 12.2 Å². The molecule has 0 saturated carbocycles. The van der Waals surface area contributed by atoms with Gasteiger partial charge in [0.1, 0.15) is 0 Å². The number of ether oxygens (including phenoxy) is 1. The van der Waals surface area contributed by atoms with Crippen LogP contribution in [-0.4, -0.2) is 42.6 Å². The summed E-state index contributed by atoms with van der Waals surface area (Å²) < 4.78 is 5.05. The molecule has 0 aliphatic rings. The zero-order chi connectivity index (χ0) is 14.4. The number of benzene rings is 1. The molecular formula is C14H19NO4. The normalized spacial score (nSPS) is 11.9. The maximum absolute atomic E-state index is 12.3. The van der Waals surface area contributed by atoms with Crippen molar-refractivity contribution in [2.75, 3.05) is 20.7 Å². The molecule has 1 atom stereocenters. The van der Waals surface area contributed by atoms with E-state index in [4.69, 9.17) is 9.84 Å². The smallest absolute Gasteiger partial charge is 0.308 e. The van der Waals surface area contributed by atoms with Crippen molar-refractivity contribution in [2.24, 2.45) is 5.92 Å². The molecule has 0 aliphatic heterocycles. The van der Waals surface area contributed by atoms with Crippen LogP contribution in [0.5, 0.6) is 0 Å². The number of carboxylic acids is 1. The number of aliphatic carboxylic acids is 1. The van der Waals surface area contributed by atoms with Crippen LogP contribution in [0, 0.1) is 5.92 Å². The largest absolute Gasteiger partial charge is 0.481 e. The van der Waals surface area contributed by atoms with E-state index in [1.165, 1.54) is 4.90 Å². The maximum Gasteiger partial charge on any atom is 0.308 e. The third-order valence-electron chi connectivity index (χ3n) is 2.86. The predicted molar refractivity (Wildman–Crippen MR) is 70.9 cm³/mol. The first-order chi connectivity index (χ1) is 8.97. The molecule has 1 N–H and O–H groups in total. The number of methoxy groups -OCH3 is 1. The number of carbonyl (C=O) groups excluding carboxylic acids is 1. The summed E-state index contributed by atoms with van der Waals surface area (Å²) in [6.45, 7) is 2.10. The van der Waals surface area contributed by atoms with Crippen LogP contribution in [0.3, 0.4) is 0 Å². The first kappa shape index (κ1) is 15.2. The number of nitrogens with zero attached hydrogens (tertiary/aromatic N) is 1. The summed E-state index contributed by atoms with van der Waals surface area (Å²) in [6, 6.07) is 7.16. The SMILES string of the molecule is COCc1ccccc1C(=O)N(C)CC(C)C(=O)O. The van der Waals surface area contributed by atoms with Gasteiger partial charge in [-0.3, -0.25) is 9.59 Å². The van der Waals surface area contributed by atoms with Gasteiger partial charge in [0.2, 0.25) is 0 Å². The minimum absolute atomic E-state index is 0.176. The third-order valence-corrected chi connectivity index (χ3v) is 2.86. The first-order valence-electron chi connectivity index (χ1n) is 6.02. The Morgan fingerprint density at radius 1 is 1.37 bits per heavy atom. The number of amides is 1. The van der Waals surface area contributed by atoms with Crippen molar-refractivity contribution >= 4 is 11.9 Å². The van der Waals surface area contributed by atoms with Crippen molar-refractivity contribution in [2.45, 2.75) is 13.5 Å². The van der Waals surface area contributed by atoms with Gasteiger partial charge >= 0.3 is 5.97 Å². The molecule has 0 bridgehead atoms. The highest BCUT2D eigenvalue weighted by atomic mass is 16.5. The molecule has 0 spiro atoms. The lowest BCUT2D eigenvalue weighted by molar-refractivity contribution is -0.141. The van der Waals surface area contributed by atoms with Crippen molar-refractivity contribution in [3.05, 3.63) is 35.4 Å². The molecule has 0 aromatic heterocycles. The highest BCUT2D eigenvalue weighted by Crippen LogP contribution is 2.13. The fourth-order valence-electron chi connectivity index (χ4n) is 1.79. The van der Waals surface area contributed by atoms with E-state index in [1.54, 1.807) is 33.2 Å². The van der Waals surface area contributed by atoms with E-state index in [2.05, 4.69) is 0 Å². The molecule has 0 fully saturated rings. The molecule has 19 heavy (non-hydrogen) atoms. The van der Waals surface area contributed by atoms with E-state index in [1.807, 2.05) is 12.1 Å². The molecule has 1 rings (SSSR count). The average molecular weight is 265 g/mol. The second-order valence-electron chi connectivity index (χ2n) is 4.52. The van der Waals surface area contributed by atoms with Crippen molar-refractivity contribution < 1.29 is 19.4 Å². The van der Waals surface area contributed by atoms with Gasteiger partial charge in [0.25, 0.3) is 5.91 Å². The lowest BCUT2D eigenvalue weighted by Crippen LogP contribution is -2.34. The molecule has 0 saturated heterocycles. The van der Waals surface area contributed by atoms with E-state index in [9.17, 15) is 9.59 Å². The van der Waals surface area contributed by atoms with E-state index in [-0.39, 0.29) is 12.5 Å². The number of hydrogen-bond donors (Lipinski definition) is 1. The van der Waals surface area contributed by atoms with Crippen molar-refractivity contribution in [1.82, 2.24) is 4.90 Å². The summed E-state index contributed by atoms with van der Waals surface area (Å²) in [5.41, 5.74) is 1.34. The Hall–Kier alpha value is -1.88. The molecular weight excluding hydrogens is 246 g/mol. The Kier molecular flexibility index (Phi) is 5.51. The first-order valence-corrected chi connectivity index (χ1v) is 6.02. The Morgan fingerprint density at radius 3 is 2.58 bits per heavy atom. The summed E-state index contributed by atoms with van der Waals surface area (Å²) >= 11 is 0. The van der Waals surface area contributed by atoms with Gasteiger partial charge in [0, 0.05) is 26.3 Å². The minimum atomic E-state index is -0.912. The van der Waals surface area contributed by atoms with Gasteiger partial charge in [-0.2, -0.15) is 0 Å². The zero-order valence-corrected chi connectivity index (χ0v) is 11.4. The molecule has 1 aromatic rings. The quantitative estimate of drug-likeness (QED) is 0.849. The molecule has 5 heteroatoms. The zero-order valence-electron chi connectivity index (χ0n) is 11.4. The van der Waals surface area contributed by atoms with Crippen molar-refractivity contribution in [1.29, 1.82) is 0 Å². The molecule has 0 aliphatic carbocycles. The Bertz CT molecular complexity index is 459. The fourth-order valence-corrected chi connectivity index (χ4v) is 1.79. The Morgan fingerprint density at radius 2 is 2.00 bits per heavy atom. The number of hydrogen-bond acceptors (Lipinski definition) is 3. The lowest BCUT2D eigenvalue weighted by atomic mass is 10.1. The third kappa shape index (κ3) is 4.06. The molecule has 1 unspecified atom stereocenters. The van der Waals surface area contributed by atoms with Crippen molar-refractivity contribution in [3.63, 3.8) is 0 Å². The van der Waals surface area contributed by atoms with Gasteiger partial charge in [-0.1, -0.05) is 25.1 Å².